The van der Waals surface area contributed by atoms with Crippen LogP contribution in [0.4, 0.5) is 0 Å². The van der Waals surface area contributed by atoms with Crippen LogP contribution in [-0.2, 0) is 6.54 Å². The lowest BCUT2D eigenvalue weighted by Gasteiger charge is -2.09. The van der Waals surface area contributed by atoms with Crippen LogP contribution in [0.3, 0.4) is 0 Å². The number of aromatic nitrogens is 3. The molecule has 1 fully saturated rings. The largest absolute Gasteiger partial charge is 0.491 e. The second-order valence-corrected chi connectivity index (χ2v) is 7.59. The summed E-state index contributed by atoms with van der Waals surface area (Å²) >= 11 is 1.42. The van der Waals surface area contributed by atoms with Crippen LogP contribution < -0.4 is 10.1 Å². The Hall–Kier alpha value is -2.74. The molecule has 4 rings (SSSR count). The third-order valence-electron chi connectivity index (χ3n) is 4.04. The summed E-state index contributed by atoms with van der Waals surface area (Å²) in [5.74, 6) is 2.13. The molecule has 27 heavy (non-hydrogen) atoms. The van der Waals surface area contributed by atoms with Gasteiger partial charge in [0.05, 0.1) is 12.6 Å². The summed E-state index contributed by atoms with van der Waals surface area (Å²) in [6.07, 6.45) is 2.35. The second kappa shape index (κ2) is 7.48. The highest BCUT2D eigenvalue weighted by Gasteiger charge is 2.28. The van der Waals surface area contributed by atoms with Crippen LogP contribution in [-0.4, -0.2) is 27.1 Å². The molecule has 1 aromatic carbocycles. The molecule has 0 unspecified atom stereocenters. The van der Waals surface area contributed by atoms with Gasteiger partial charge in [0.2, 0.25) is 5.89 Å². The molecule has 0 aliphatic heterocycles. The predicted molar refractivity (Wildman–Crippen MR) is 101 cm³/mol. The van der Waals surface area contributed by atoms with Gasteiger partial charge in [0.25, 0.3) is 5.91 Å². The Morgan fingerprint density at radius 1 is 1.30 bits per heavy atom. The first-order chi connectivity index (χ1) is 13.1. The minimum atomic E-state index is -0.261. The zero-order valence-electron chi connectivity index (χ0n) is 15.1. The third kappa shape index (κ3) is 4.33. The van der Waals surface area contributed by atoms with Gasteiger partial charge in [-0.2, -0.15) is 4.98 Å². The number of hydrogen-bond acceptors (Lipinski definition) is 7. The molecule has 140 valence electrons. The molecular formula is C19H20N4O3S. The van der Waals surface area contributed by atoms with Gasteiger partial charge in [-0.05, 0) is 51.0 Å². The molecule has 1 saturated carbocycles. The van der Waals surface area contributed by atoms with Crippen molar-refractivity contribution in [3.8, 4) is 16.3 Å². The van der Waals surface area contributed by atoms with E-state index in [1.807, 2.05) is 38.1 Å². The van der Waals surface area contributed by atoms with E-state index in [1.165, 1.54) is 11.3 Å². The van der Waals surface area contributed by atoms with Crippen LogP contribution in [0.25, 0.3) is 10.6 Å². The maximum atomic E-state index is 12.3. The highest BCUT2D eigenvalue weighted by atomic mass is 32.1. The Morgan fingerprint density at radius 2 is 2.07 bits per heavy atom. The molecule has 2 heterocycles. The number of hydrogen-bond donors (Lipinski definition) is 1. The molecule has 1 aliphatic rings. The Labute approximate surface area is 160 Å². The molecule has 0 atom stereocenters. The maximum absolute atomic E-state index is 12.3. The lowest BCUT2D eigenvalue weighted by atomic mass is 10.2. The smallest absolute Gasteiger partial charge is 0.271 e. The van der Waals surface area contributed by atoms with Gasteiger partial charge in [-0.3, -0.25) is 4.79 Å². The number of amides is 1. The van der Waals surface area contributed by atoms with Crippen molar-refractivity contribution in [3.63, 3.8) is 0 Å². The van der Waals surface area contributed by atoms with Crippen LogP contribution in [0.15, 0.2) is 34.2 Å². The molecule has 1 aliphatic carbocycles. The van der Waals surface area contributed by atoms with E-state index >= 15 is 0 Å². The van der Waals surface area contributed by atoms with E-state index in [4.69, 9.17) is 9.26 Å². The minimum Gasteiger partial charge on any atom is -0.491 e. The molecule has 7 nitrogen and oxygen atoms in total. The predicted octanol–water partition coefficient (Wildman–Crippen LogP) is 3.79. The zero-order chi connectivity index (χ0) is 18.8. The second-order valence-electron chi connectivity index (χ2n) is 6.73. The average molecular weight is 384 g/mol. The van der Waals surface area contributed by atoms with Gasteiger partial charge in [0.1, 0.15) is 16.5 Å². The minimum absolute atomic E-state index is 0.130. The average Bonchev–Trinajstić information content (AvgIpc) is 3.19. The monoisotopic (exact) mass is 384 g/mol. The van der Waals surface area contributed by atoms with Crippen molar-refractivity contribution < 1.29 is 14.1 Å². The molecule has 8 heteroatoms. The normalized spacial score (nSPS) is 13.7. The Kier molecular flexibility index (Phi) is 4.89. The van der Waals surface area contributed by atoms with Crippen LogP contribution in [0.2, 0.25) is 0 Å². The summed E-state index contributed by atoms with van der Waals surface area (Å²) in [7, 11) is 0. The van der Waals surface area contributed by atoms with Gasteiger partial charge in [-0.25, -0.2) is 4.98 Å². The fourth-order valence-corrected chi connectivity index (χ4v) is 3.36. The summed E-state index contributed by atoms with van der Waals surface area (Å²) < 4.78 is 10.8. The molecule has 0 bridgehead atoms. The van der Waals surface area contributed by atoms with Crippen LogP contribution in [0.1, 0.15) is 54.8 Å². The number of carbonyl (C=O) groups is 1. The van der Waals surface area contributed by atoms with Crippen molar-refractivity contribution in [1.29, 1.82) is 0 Å². The van der Waals surface area contributed by atoms with E-state index < -0.39 is 0 Å². The highest BCUT2D eigenvalue weighted by molar-refractivity contribution is 7.13. The summed E-state index contributed by atoms with van der Waals surface area (Å²) in [6, 6.07) is 7.69. The lowest BCUT2D eigenvalue weighted by Crippen LogP contribution is -2.23. The quantitative estimate of drug-likeness (QED) is 0.666. The van der Waals surface area contributed by atoms with Crippen LogP contribution in [0.5, 0.6) is 5.75 Å². The van der Waals surface area contributed by atoms with E-state index in [0.29, 0.717) is 17.5 Å². The summed E-state index contributed by atoms with van der Waals surface area (Å²) in [5.41, 5.74) is 1.32. The SMILES string of the molecule is CC(C)Oc1ccc(-c2nc(C(=O)NCc3nc(C4CC4)no3)cs2)cc1. The van der Waals surface area contributed by atoms with Gasteiger partial charge in [0, 0.05) is 16.9 Å². The van der Waals surface area contributed by atoms with Crippen molar-refractivity contribution in [2.24, 2.45) is 0 Å². The highest BCUT2D eigenvalue weighted by Crippen LogP contribution is 2.38. The molecule has 3 aromatic rings. The topological polar surface area (TPSA) is 90.1 Å². The van der Waals surface area contributed by atoms with Crippen molar-refractivity contribution in [1.82, 2.24) is 20.4 Å². The number of benzene rings is 1. The summed E-state index contributed by atoms with van der Waals surface area (Å²) in [5, 5.41) is 9.23. The summed E-state index contributed by atoms with van der Waals surface area (Å²) in [4.78, 5) is 21.0. The van der Waals surface area contributed by atoms with E-state index in [0.717, 1.165) is 35.0 Å². The number of thiazole rings is 1. The van der Waals surface area contributed by atoms with Crippen molar-refractivity contribution in [3.05, 3.63) is 47.1 Å². The Balaban J connectivity index is 1.36. The van der Waals surface area contributed by atoms with Crippen LogP contribution in [0, 0.1) is 0 Å². The number of nitrogens with zero attached hydrogens (tertiary/aromatic N) is 3. The molecule has 1 amide bonds. The van der Waals surface area contributed by atoms with Gasteiger partial charge in [-0.1, -0.05) is 5.16 Å². The van der Waals surface area contributed by atoms with Gasteiger partial charge in [-0.15, -0.1) is 11.3 Å². The number of rotatable bonds is 7. The standard InChI is InChI=1S/C19H20N4O3S/c1-11(2)25-14-7-5-13(6-8-14)19-21-15(10-27-19)18(24)20-9-16-22-17(23-26-16)12-3-4-12/h5-8,10-12H,3-4,9H2,1-2H3,(H,20,24). The number of nitrogens with one attached hydrogen (secondary N) is 1. The van der Waals surface area contributed by atoms with E-state index in [1.54, 1.807) is 5.38 Å². The van der Waals surface area contributed by atoms with Crippen molar-refractivity contribution >= 4 is 17.2 Å². The molecule has 0 spiro atoms. The van der Waals surface area contributed by atoms with Gasteiger partial charge < -0.3 is 14.6 Å². The first-order valence-corrected chi connectivity index (χ1v) is 9.80. The van der Waals surface area contributed by atoms with Gasteiger partial charge in [0.15, 0.2) is 5.82 Å². The number of carbonyl (C=O) groups excluding carboxylic acids is 1. The van der Waals surface area contributed by atoms with Crippen LogP contribution >= 0.6 is 11.3 Å². The molecular weight excluding hydrogens is 364 g/mol. The summed E-state index contributed by atoms with van der Waals surface area (Å²) in [6.45, 7) is 4.17. The van der Waals surface area contributed by atoms with E-state index in [-0.39, 0.29) is 18.6 Å². The first-order valence-electron chi connectivity index (χ1n) is 8.92. The van der Waals surface area contributed by atoms with Gasteiger partial charge >= 0.3 is 0 Å². The van der Waals surface area contributed by atoms with Crippen molar-refractivity contribution in [2.75, 3.05) is 0 Å². The Morgan fingerprint density at radius 3 is 2.78 bits per heavy atom. The molecule has 1 N–H and O–H groups in total. The molecule has 0 saturated heterocycles. The fourth-order valence-electron chi connectivity index (χ4n) is 2.55. The third-order valence-corrected chi connectivity index (χ3v) is 4.93. The zero-order valence-corrected chi connectivity index (χ0v) is 16.0. The maximum Gasteiger partial charge on any atom is 0.271 e. The van der Waals surface area contributed by atoms with E-state index in [9.17, 15) is 4.79 Å². The fraction of sp³-hybridized carbons (Fsp3) is 0.368. The Bertz CT molecular complexity index is 929. The lowest BCUT2D eigenvalue weighted by molar-refractivity contribution is 0.0942. The first kappa shape index (κ1) is 17.7. The molecule has 0 radical (unpaired) electrons. The number of ether oxygens (including phenoxy) is 1. The van der Waals surface area contributed by atoms with E-state index in [2.05, 4.69) is 20.4 Å². The molecule has 2 aromatic heterocycles. The van der Waals surface area contributed by atoms with Crippen molar-refractivity contribution in [2.45, 2.75) is 45.3 Å².